The van der Waals surface area contributed by atoms with Gasteiger partial charge in [0.05, 0.1) is 0 Å². The van der Waals surface area contributed by atoms with Crippen molar-refractivity contribution in [3.8, 4) is 0 Å². The number of ether oxygens (including phenoxy) is 1. The van der Waals surface area contributed by atoms with Gasteiger partial charge >= 0.3 is 5.97 Å². The fraction of sp³-hybridized carbons (Fsp3) is 0.333. The summed E-state index contributed by atoms with van der Waals surface area (Å²) in [4.78, 5) is 22.4. The molecule has 0 N–H and O–H groups in total. The van der Waals surface area contributed by atoms with Gasteiger partial charge in [-0.15, -0.1) is 0 Å². The van der Waals surface area contributed by atoms with Crippen LogP contribution in [-0.4, -0.2) is 17.4 Å². The van der Waals surface area contributed by atoms with Gasteiger partial charge in [-0.25, -0.2) is 4.79 Å². The van der Waals surface area contributed by atoms with Crippen molar-refractivity contribution in [2.45, 2.75) is 26.4 Å². The zero-order valence-electron chi connectivity index (χ0n) is 9.16. The first-order valence-corrected chi connectivity index (χ1v) is 4.67. The molecule has 15 heavy (non-hydrogen) atoms. The minimum atomic E-state index is -0.820. The quantitative estimate of drug-likeness (QED) is 0.512. The van der Waals surface area contributed by atoms with Gasteiger partial charge in [0.15, 0.2) is 11.4 Å². The Morgan fingerprint density at radius 1 is 1.40 bits per heavy atom. The molecular formula is C12H14O3. The van der Waals surface area contributed by atoms with Crippen LogP contribution in [0.1, 0.15) is 20.8 Å². The van der Waals surface area contributed by atoms with E-state index in [1.807, 2.05) is 0 Å². The zero-order chi connectivity index (χ0) is 11.6. The first-order chi connectivity index (χ1) is 6.90. The fourth-order valence-electron chi connectivity index (χ4n) is 1.46. The second-order valence-electron chi connectivity index (χ2n) is 3.72. The van der Waals surface area contributed by atoms with Crippen LogP contribution in [0.15, 0.2) is 36.0 Å². The number of esters is 1. The van der Waals surface area contributed by atoms with Crippen LogP contribution in [0.2, 0.25) is 0 Å². The third kappa shape index (κ3) is 2.06. The standard InChI is InChI=1S/C12H14O3/c1-5-11(14)15-12(4)8(2)6-10(13)7-9(12)3/h5-7H,1H2,2-4H3. The van der Waals surface area contributed by atoms with Gasteiger partial charge in [0.1, 0.15) is 0 Å². The largest absolute Gasteiger partial charge is 0.447 e. The van der Waals surface area contributed by atoms with Crippen molar-refractivity contribution in [2.75, 3.05) is 0 Å². The van der Waals surface area contributed by atoms with Crippen LogP contribution in [0.25, 0.3) is 0 Å². The summed E-state index contributed by atoms with van der Waals surface area (Å²) < 4.78 is 5.26. The van der Waals surface area contributed by atoms with Gasteiger partial charge in [0, 0.05) is 6.08 Å². The van der Waals surface area contributed by atoms with Crippen LogP contribution in [0, 0.1) is 0 Å². The number of ketones is 1. The number of hydrogen-bond acceptors (Lipinski definition) is 3. The maximum Gasteiger partial charge on any atom is 0.331 e. The van der Waals surface area contributed by atoms with Crippen LogP contribution in [-0.2, 0) is 14.3 Å². The van der Waals surface area contributed by atoms with E-state index in [4.69, 9.17) is 4.74 Å². The Morgan fingerprint density at radius 3 is 2.27 bits per heavy atom. The molecule has 3 nitrogen and oxygen atoms in total. The summed E-state index contributed by atoms with van der Waals surface area (Å²) >= 11 is 0. The summed E-state index contributed by atoms with van der Waals surface area (Å²) in [7, 11) is 0. The first kappa shape index (κ1) is 11.4. The molecule has 0 unspecified atom stereocenters. The third-order valence-electron chi connectivity index (χ3n) is 2.69. The van der Waals surface area contributed by atoms with E-state index in [1.54, 1.807) is 20.8 Å². The van der Waals surface area contributed by atoms with Gasteiger partial charge in [-0.2, -0.15) is 0 Å². The third-order valence-corrected chi connectivity index (χ3v) is 2.69. The monoisotopic (exact) mass is 206 g/mol. The molecule has 1 rings (SSSR count). The Bertz CT molecular complexity index is 364. The van der Waals surface area contributed by atoms with Crippen molar-refractivity contribution in [1.29, 1.82) is 0 Å². The zero-order valence-corrected chi connectivity index (χ0v) is 9.16. The predicted molar refractivity (Wildman–Crippen MR) is 57.2 cm³/mol. The summed E-state index contributed by atoms with van der Waals surface area (Å²) in [6, 6.07) is 0. The van der Waals surface area contributed by atoms with E-state index in [0.717, 1.165) is 17.2 Å². The molecule has 0 atom stereocenters. The van der Waals surface area contributed by atoms with Crippen molar-refractivity contribution in [3.63, 3.8) is 0 Å². The van der Waals surface area contributed by atoms with Crippen LogP contribution in [0.4, 0.5) is 0 Å². The summed E-state index contributed by atoms with van der Waals surface area (Å²) in [6.45, 7) is 8.64. The minimum absolute atomic E-state index is 0.0721. The molecule has 0 aromatic carbocycles. The molecule has 0 aliphatic heterocycles. The van der Waals surface area contributed by atoms with E-state index in [0.29, 0.717) is 0 Å². The predicted octanol–water partition coefficient (Wildman–Crippen LogP) is 1.95. The van der Waals surface area contributed by atoms with Gasteiger partial charge in [-0.1, -0.05) is 6.58 Å². The molecular weight excluding hydrogens is 192 g/mol. The topological polar surface area (TPSA) is 43.4 Å². The van der Waals surface area contributed by atoms with Crippen LogP contribution >= 0.6 is 0 Å². The lowest BCUT2D eigenvalue weighted by Gasteiger charge is -2.33. The average Bonchev–Trinajstić information content (AvgIpc) is 2.14. The molecule has 1 aliphatic rings. The highest BCUT2D eigenvalue weighted by atomic mass is 16.6. The molecule has 3 heteroatoms. The molecule has 0 aromatic rings. The van der Waals surface area contributed by atoms with Gasteiger partial charge < -0.3 is 4.74 Å². The van der Waals surface area contributed by atoms with Crippen LogP contribution in [0.3, 0.4) is 0 Å². The highest BCUT2D eigenvalue weighted by molar-refractivity contribution is 6.02. The molecule has 0 aromatic heterocycles. The van der Waals surface area contributed by atoms with Crippen molar-refractivity contribution in [1.82, 2.24) is 0 Å². The van der Waals surface area contributed by atoms with Crippen molar-refractivity contribution in [3.05, 3.63) is 36.0 Å². The van der Waals surface area contributed by atoms with Crippen molar-refractivity contribution in [2.24, 2.45) is 0 Å². The molecule has 1 aliphatic carbocycles. The molecule has 0 fully saturated rings. The van der Waals surface area contributed by atoms with E-state index < -0.39 is 11.6 Å². The summed E-state index contributed by atoms with van der Waals surface area (Å²) in [5.74, 6) is -0.565. The molecule has 0 bridgehead atoms. The maximum atomic E-state index is 11.2. The van der Waals surface area contributed by atoms with E-state index in [2.05, 4.69) is 6.58 Å². The van der Waals surface area contributed by atoms with Gasteiger partial charge in [0.2, 0.25) is 0 Å². The van der Waals surface area contributed by atoms with E-state index in [-0.39, 0.29) is 5.78 Å². The fourth-order valence-corrected chi connectivity index (χ4v) is 1.46. The number of carbonyl (C=O) groups is 2. The van der Waals surface area contributed by atoms with Crippen molar-refractivity contribution < 1.29 is 14.3 Å². The number of hydrogen-bond donors (Lipinski definition) is 0. The minimum Gasteiger partial charge on any atom is -0.447 e. The molecule has 80 valence electrons. The lowest BCUT2D eigenvalue weighted by Crippen LogP contribution is -2.36. The lowest BCUT2D eigenvalue weighted by molar-refractivity contribution is -0.146. The average molecular weight is 206 g/mol. The lowest BCUT2D eigenvalue weighted by atomic mass is 9.84. The number of rotatable bonds is 2. The van der Waals surface area contributed by atoms with Gasteiger partial charge in [-0.05, 0) is 44.1 Å². The summed E-state index contributed by atoms with van der Waals surface area (Å²) in [5, 5.41) is 0. The first-order valence-electron chi connectivity index (χ1n) is 4.67. The normalized spacial score (nSPS) is 19.0. The van der Waals surface area contributed by atoms with Gasteiger partial charge in [-0.3, -0.25) is 4.79 Å². The van der Waals surface area contributed by atoms with E-state index in [9.17, 15) is 9.59 Å². The molecule has 0 saturated heterocycles. The second kappa shape index (κ2) is 3.85. The highest BCUT2D eigenvalue weighted by Crippen LogP contribution is 2.32. The Hall–Kier alpha value is -1.64. The van der Waals surface area contributed by atoms with Gasteiger partial charge in [0.25, 0.3) is 0 Å². The summed E-state index contributed by atoms with van der Waals surface area (Å²) in [6.07, 6.45) is 4.06. The molecule has 0 heterocycles. The van der Waals surface area contributed by atoms with Crippen molar-refractivity contribution >= 4 is 11.8 Å². The second-order valence-corrected chi connectivity index (χ2v) is 3.72. The summed E-state index contributed by atoms with van der Waals surface area (Å²) in [5.41, 5.74) is 0.629. The van der Waals surface area contributed by atoms with E-state index in [1.165, 1.54) is 12.2 Å². The Balaban J connectivity index is 3.06. The Labute approximate surface area is 89.1 Å². The molecule has 0 saturated carbocycles. The smallest absolute Gasteiger partial charge is 0.331 e. The van der Waals surface area contributed by atoms with Crippen LogP contribution in [0.5, 0.6) is 0 Å². The molecule has 0 spiro atoms. The van der Waals surface area contributed by atoms with E-state index >= 15 is 0 Å². The molecule has 0 amide bonds. The highest BCUT2D eigenvalue weighted by Gasteiger charge is 2.35. The number of allylic oxidation sites excluding steroid dienone is 2. The number of carbonyl (C=O) groups excluding carboxylic acids is 2. The SMILES string of the molecule is C=CC(=O)OC1(C)C(C)=CC(=O)C=C1C. The Kier molecular flexibility index (Phi) is 2.93. The molecule has 0 radical (unpaired) electrons. The van der Waals surface area contributed by atoms with Crippen LogP contribution < -0.4 is 0 Å². The maximum absolute atomic E-state index is 11.2. The Morgan fingerprint density at radius 2 is 1.87 bits per heavy atom.